The predicted molar refractivity (Wildman–Crippen MR) is 162 cm³/mol. The van der Waals surface area contributed by atoms with Gasteiger partial charge in [-0.15, -0.1) is 10.2 Å². The normalized spacial score (nSPS) is 18.0. The van der Waals surface area contributed by atoms with Crippen molar-refractivity contribution in [2.45, 2.75) is 77.5 Å². The summed E-state index contributed by atoms with van der Waals surface area (Å²) in [7, 11) is 6.21. The molecule has 0 radical (unpaired) electrons. The van der Waals surface area contributed by atoms with Gasteiger partial charge in [0.15, 0.2) is 23.5 Å². The number of hydrogen-bond acceptors (Lipinski definition) is 7. The number of halogens is 4. The van der Waals surface area contributed by atoms with E-state index in [9.17, 15) is 23.5 Å². The van der Waals surface area contributed by atoms with Crippen LogP contribution in [-0.2, 0) is 20.8 Å². The lowest BCUT2D eigenvalue weighted by atomic mass is 9.99. The van der Waals surface area contributed by atoms with Gasteiger partial charge in [0, 0.05) is 50.2 Å². The summed E-state index contributed by atoms with van der Waals surface area (Å²) in [6.45, 7) is 8.99. The first kappa shape index (κ1) is 36.4. The molecule has 3 rings (SSSR count). The van der Waals surface area contributed by atoms with Crippen LogP contribution in [0, 0.1) is 0 Å². The third-order valence-electron chi connectivity index (χ3n) is 7.09. The largest absolute Gasteiger partial charge is 0.371 e. The molecule has 1 aliphatic rings. The van der Waals surface area contributed by atoms with Gasteiger partial charge in [-0.1, -0.05) is 23.2 Å². The van der Waals surface area contributed by atoms with Crippen LogP contribution in [0.5, 0.6) is 0 Å². The van der Waals surface area contributed by atoms with Gasteiger partial charge in [-0.05, 0) is 65.8 Å². The minimum Gasteiger partial charge on any atom is -0.371 e. The van der Waals surface area contributed by atoms with E-state index in [1.165, 1.54) is 63.8 Å². The number of aliphatic hydroxyl groups is 1. The molecule has 0 bridgehead atoms. The Labute approximate surface area is 261 Å². The van der Waals surface area contributed by atoms with Crippen molar-refractivity contribution in [3.8, 4) is 0 Å². The maximum absolute atomic E-state index is 14.1. The molecule has 3 atom stereocenters. The Kier molecular flexibility index (Phi) is 12.1. The molecule has 2 aromatic rings. The van der Waals surface area contributed by atoms with E-state index in [1.54, 1.807) is 40.1 Å². The predicted octanol–water partition coefficient (Wildman–Crippen LogP) is 5.93. The van der Waals surface area contributed by atoms with Crippen molar-refractivity contribution in [1.29, 1.82) is 0 Å². The fraction of sp³-hybridized carbons (Fsp3) is 0.571. The zero-order chi connectivity index (χ0) is 33.0. The SMILES string of the molecule is CC1C(O)N(c2cc(C(C)(C)F)c(Cl)nn2)C(=O)N1C.COC(OC)C(C)N(C)C(=O)Nc1ccc(Cl)c(C(C)(C)F)c1. The molecule has 11 nitrogen and oxygen atoms in total. The van der Waals surface area contributed by atoms with E-state index in [1.807, 2.05) is 0 Å². The number of carbonyl (C=O) groups is 2. The second-order valence-electron chi connectivity index (χ2n) is 11.1. The molecule has 240 valence electrons. The third kappa shape index (κ3) is 8.63. The highest BCUT2D eigenvalue weighted by Crippen LogP contribution is 2.34. The number of nitrogens with zero attached hydrogens (tertiary/aromatic N) is 5. The highest BCUT2D eigenvalue weighted by Gasteiger charge is 2.42. The minimum atomic E-state index is -1.73. The second-order valence-corrected chi connectivity index (χ2v) is 11.9. The Morgan fingerprint density at radius 3 is 2.12 bits per heavy atom. The average molecular weight is 650 g/mol. The molecule has 4 amide bonds. The van der Waals surface area contributed by atoms with Crippen molar-refractivity contribution in [2.75, 3.05) is 38.5 Å². The van der Waals surface area contributed by atoms with Gasteiger partial charge < -0.3 is 29.7 Å². The molecule has 1 aromatic heterocycles. The Morgan fingerprint density at radius 1 is 1.09 bits per heavy atom. The molecule has 2 N–H and O–H groups in total. The standard InChI is InChI=1S/C16H24ClFN2O3.C12H16ClFN4O2/c1-10(14(22-5)23-6)20(4)15(21)19-11-7-8-13(17)12(9-11)16(2,3)18;1-6-10(19)18(11(20)17(6)4)8-5-7(12(2,3)14)9(13)16-15-8/h7-10,14H,1-6H3,(H,19,21);5-6,10,19H,1-4H3. The number of urea groups is 2. The number of carbonyl (C=O) groups excluding carboxylic acids is 2. The van der Waals surface area contributed by atoms with E-state index in [-0.39, 0.29) is 28.6 Å². The minimum absolute atomic E-state index is 0.0659. The number of aliphatic hydroxyl groups excluding tert-OH is 1. The molecule has 3 unspecified atom stereocenters. The number of alkyl halides is 2. The van der Waals surface area contributed by atoms with Gasteiger partial charge in [-0.3, -0.25) is 0 Å². The van der Waals surface area contributed by atoms with Crippen molar-refractivity contribution < 1.29 is 33.0 Å². The first-order chi connectivity index (χ1) is 19.8. The Balaban J connectivity index is 0.000000303. The maximum Gasteiger partial charge on any atom is 0.328 e. The van der Waals surface area contributed by atoms with Gasteiger partial charge in [-0.2, -0.15) is 0 Å². The quantitative estimate of drug-likeness (QED) is 0.340. The molecule has 1 fully saturated rings. The number of nitrogens with one attached hydrogen (secondary N) is 1. The number of anilines is 2. The summed E-state index contributed by atoms with van der Waals surface area (Å²) in [5.74, 6) is 0.0730. The summed E-state index contributed by atoms with van der Waals surface area (Å²) in [5.41, 5.74) is -2.43. The molecule has 1 saturated heterocycles. The number of ether oxygens (including phenoxy) is 2. The monoisotopic (exact) mass is 648 g/mol. The van der Waals surface area contributed by atoms with Crippen LogP contribution in [0.2, 0.25) is 10.2 Å². The molecular weight excluding hydrogens is 609 g/mol. The van der Waals surface area contributed by atoms with Crippen molar-refractivity contribution >= 4 is 46.8 Å². The van der Waals surface area contributed by atoms with E-state index in [0.717, 1.165) is 4.90 Å². The summed E-state index contributed by atoms with van der Waals surface area (Å²) in [6, 6.07) is 4.55. The topological polar surface area (TPSA) is 120 Å². The van der Waals surface area contributed by atoms with Crippen LogP contribution in [0.1, 0.15) is 52.7 Å². The number of methoxy groups -OCH3 is 2. The van der Waals surface area contributed by atoms with Crippen LogP contribution in [0.3, 0.4) is 0 Å². The Hall–Kier alpha value is -2.84. The highest BCUT2D eigenvalue weighted by atomic mass is 35.5. The van der Waals surface area contributed by atoms with Crippen LogP contribution < -0.4 is 10.2 Å². The zero-order valence-corrected chi connectivity index (χ0v) is 27.5. The second kappa shape index (κ2) is 14.3. The summed E-state index contributed by atoms with van der Waals surface area (Å²) in [5, 5.41) is 20.5. The molecule has 43 heavy (non-hydrogen) atoms. The maximum atomic E-state index is 14.1. The molecule has 1 aromatic carbocycles. The number of amides is 4. The van der Waals surface area contributed by atoms with Crippen molar-refractivity contribution in [3.05, 3.63) is 45.6 Å². The Morgan fingerprint density at radius 2 is 1.65 bits per heavy atom. The lowest BCUT2D eigenvalue weighted by molar-refractivity contribution is -0.132. The highest BCUT2D eigenvalue weighted by molar-refractivity contribution is 6.31. The van der Waals surface area contributed by atoms with Gasteiger partial charge in [0.25, 0.3) is 0 Å². The van der Waals surface area contributed by atoms with Gasteiger partial charge in [0.1, 0.15) is 11.3 Å². The van der Waals surface area contributed by atoms with Crippen molar-refractivity contribution in [3.63, 3.8) is 0 Å². The van der Waals surface area contributed by atoms with Crippen LogP contribution in [0.4, 0.5) is 29.9 Å². The van der Waals surface area contributed by atoms with E-state index < -0.39 is 35.9 Å². The van der Waals surface area contributed by atoms with E-state index in [4.69, 9.17) is 32.7 Å². The average Bonchev–Trinajstić information content (AvgIpc) is 3.11. The Bertz CT molecular complexity index is 1290. The fourth-order valence-electron chi connectivity index (χ4n) is 4.14. The smallest absolute Gasteiger partial charge is 0.328 e. The summed E-state index contributed by atoms with van der Waals surface area (Å²) < 4.78 is 38.5. The van der Waals surface area contributed by atoms with E-state index in [0.29, 0.717) is 16.3 Å². The van der Waals surface area contributed by atoms with E-state index >= 15 is 0 Å². The molecule has 0 saturated carbocycles. The van der Waals surface area contributed by atoms with Crippen molar-refractivity contribution in [1.82, 2.24) is 20.0 Å². The van der Waals surface area contributed by atoms with Gasteiger partial charge >= 0.3 is 12.1 Å². The van der Waals surface area contributed by atoms with E-state index in [2.05, 4.69) is 15.5 Å². The molecule has 15 heteroatoms. The third-order valence-corrected chi connectivity index (χ3v) is 7.69. The van der Waals surface area contributed by atoms with Gasteiger partial charge in [0.05, 0.1) is 12.1 Å². The molecule has 2 heterocycles. The van der Waals surface area contributed by atoms with Gasteiger partial charge in [-0.25, -0.2) is 23.3 Å². The lowest BCUT2D eigenvalue weighted by Gasteiger charge is -2.30. The first-order valence-corrected chi connectivity index (χ1v) is 14.1. The zero-order valence-electron chi connectivity index (χ0n) is 25.9. The molecule has 1 aliphatic heterocycles. The number of hydrogen-bond donors (Lipinski definition) is 2. The number of benzene rings is 1. The number of likely N-dealkylation sites (N-methyl/N-ethyl adjacent to an activating group) is 2. The van der Waals surface area contributed by atoms with Crippen LogP contribution in [0.25, 0.3) is 0 Å². The summed E-state index contributed by atoms with van der Waals surface area (Å²) in [4.78, 5) is 28.3. The van der Waals surface area contributed by atoms with Crippen molar-refractivity contribution in [2.24, 2.45) is 0 Å². The molecular formula is C28H40Cl2F2N6O5. The summed E-state index contributed by atoms with van der Waals surface area (Å²) >= 11 is 11.8. The van der Waals surface area contributed by atoms with Crippen LogP contribution >= 0.6 is 23.2 Å². The molecule has 0 aliphatic carbocycles. The summed E-state index contributed by atoms with van der Waals surface area (Å²) in [6.07, 6.45) is -1.62. The van der Waals surface area contributed by atoms with Crippen LogP contribution in [-0.4, -0.2) is 90.1 Å². The number of aromatic nitrogens is 2. The number of rotatable bonds is 8. The molecule has 0 spiro atoms. The van der Waals surface area contributed by atoms with Gasteiger partial charge in [0.2, 0.25) is 0 Å². The first-order valence-electron chi connectivity index (χ1n) is 13.3. The lowest BCUT2D eigenvalue weighted by Crippen LogP contribution is -2.46. The fourth-order valence-corrected chi connectivity index (χ4v) is 4.79. The van der Waals surface area contributed by atoms with Crippen LogP contribution in [0.15, 0.2) is 24.3 Å².